The zero-order valence-corrected chi connectivity index (χ0v) is 14.1. The molecule has 1 N–H and O–H groups in total. The van der Waals surface area contributed by atoms with Gasteiger partial charge in [0.05, 0.1) is 29.6 Å². The van der Waals surface area contributed by atoms with Crippen LogP contribution in [-0.2, 0) is 17.8 Å². The van der Waals surface area contributed by atoms with Crippen molar-refractivity contribution in [1.82, 2.24) is 20.0 Å². The lowest BCUT2D eigenvalue weighted by Crippen LogP contribution is -2.50. The quantitative estimate of drug-likeness (QED) is 0.782. The number of hydrogen-bond acceptors (Lipinski definition) is 4. The SMILES string of the molecule is CCCNCC1COCCN1Cc1c(Cl)c(C)nn1CC. The Kier molecular flexibility index (Phi) is 6.48. The lowest BCUT2D eigenvalue weighted by molar-refractivity contribution is -0.0119. The molecular formula is C15H27ClN4O. The Balaban J connectivity index is 2.04. The fourth-order valence-electron chi connectivity index (χ4n) is 2.74. The summed E-state index contributed by atoms with van der Waals surface area (Å²) in [6, 6.07) is 0.405. The van der Waals surface area contributed by atoms with Crippen molar-refractivity contribution in [2.45, 2.75) is 46.3 Å². The molecule has 0 radical (unpaired) electrons. The summed E-state index contributed by atoms with van der Waals surface area (Å²) in [6.45, 7) is 12.5. The van der Waals surface area contributed by atoms with Crippen molar-refractivity contribution in [3.63, 3.8) is 0 Å². The van der Waals surface area contributed by atoms with Crippen LogP contribution in [0.4, 0.5) is 0 Å². The van der Waals surface area contributed by atoms with Crippen LogP contribution in [0.15, 0.2) is 0 Å². The molecule has 1 aromatic heterocycles. The summed E-state index contributed by atoms with van der Waals surface area (Å²) in [5.41, 5.74) is 2.04. The molecule has 2 heterocycles. The highest BCUT2D eigenvalue weighted by Crippen LogP contribution is 2.23. The normalized spacial score (nSPS) is 20.1. The first-order valence-electron chi connectivity index (χ1n) is 7.91. The molecule has 1 atom stereocenters. The van der Waals surface area contributed by atoms with Crippen LogP contribution >= 0.6 is 11.6 Å². The monoisotopic (exact) mass is 314 g/mol. The number of nitrogens with zero attached hydrogens (tertiary/aromatic N) is 3. The molecule has 2 rings (SSSR count). The summed E-state index contributed by atoms with van der Waals surface area (Å²) in [4.78, 5) is 2.46. The van der Waals surface area contributed by atoms with Gasteiger partial charge in [-0.1, -0.05) is 18.5 Å². The number of hydrogen-bond donors (Lipinski definition) is 1. The number of morpholine rings is 1. The van der Waals surface area contributed by atoms with Gasteiger partial charge in [0.25, 0.3) is 0 Å². The predicted molar refractivity (Wildman–Crippen MR) is 85.8 cm³/mol. The topological polar surface area (TPSA) is 42.3 Å². The minimum atomic E-state index is 0.405. The van der Waals surface area contributed by atoms with Crippen LogP contribution in [-0.4, -0.2) is 53.6 Å². The average molecular weight is 315 g/mol. The molecule has 21 heavy (non-hydrogen) atoms. The van der Waals surface area contributed by atoms with Crippen LogP contribution in [0.2, 0.25) is 5.02 Å². The number of nitrogens with one attached hydrogen (secondary N) is 1. The van der Waals surface area contributed by atoms with Crippen LogP contribution in [0.3, 0.4) is 0 Å². The summed E-state index contributed by atoms with van der Waals surface area (Å²) in [5.74, 6) is 0. The Morgan fingerprint density at radius 3 is 2.95 bits per heavy atom. The maximum Gasteiger partial charge on any atom is 0.0860 e. The van der Waals surface area contributed by atoms with Crippen LogP contribution < -0.4 is 5.32 Å². The lowest BCUT2D eigenvalue weighted by Gasteiger charge is -2.35. The second-order valence-electron chi connectivity index (χ2n) is 5.57. The highest BCUT2D eigenvalue weighted by molar-refractivity contribution is 6.31. The molecule has 1 aliphatic rings. The van der Waals surface area contributed by atoms with Gasteiger partial charge in [0.15, 0.2) is 0 Å². The van der Waals surface area contributed by atoms with E-state index in [4.69, 9.17) is 16.3 Å². The van der Waals surface area contributed by atoms with Crippen molar-refractivity contribution in [1.29, 1.82) is 0 Å². The Morgan fingerprint density at radius 1 is 1.43 bits per heavy atom. The molecule has 1 aliphatic heterocycles. The van der Waals surface area contributed by atoms with E-state index in [-0.39, 0.29) is 0 Å². The second kappa shape index (κ2) is 8.13. The van der Waals surface area contributed by atoms with Gasteiger partial charge in [-0.25, -0.2) is 0 Å². The van der Waals surface area contributed by atoms with E-state index in [1.807, 2.05) is 11.6 Å². The van der Waals surface area contributed by atoms with Crippen LogP contribution in [0, 0.1) is 6.92 Å². The maximum absolute atomic E-state index is 6.43. The highest BCUT2D eigenvalue weighted by Gasteiger charge is 2.25. The van der Waals surface area contributed by atoms with E-state index in [1.54, 1.807) is 0 Å². The van der Waals surface area contributed by atoms with E-state index >= 15 is 0 Å². The van der Waals surface area contributed by atoms with Gasteiger partial charge in [-0.15, -0.1) is 0 Å². The molecule has 0 spiro atoms. The van der Waals surface area contributed by atoms with E-state index in [1.165, 1.54) is 0 Å². The van der Waals surface area contributed by atoms with E-state index < -0.39 is 0 Å². The van der Waals surface area contributed by atoms with Gasteiger partial charge in [-0.2, -0.15) is 5.10 Å². The summed E-state index contributed by atoms with van der Waals surface area (Å²) in [6.07, 6.45) is 1.15. The van der Waals surface area contributed by atoms with Crippen molar-refractivity contribution < 1.29 is 4.74 Å². The van der Waals surface area contributed by atoms with Gasteiger partial charge in [0.1, 0.15) is 0 Å². The third-order valence-electron chi connectivity index (χ3n) is 3.96. The van der Waals surface area contributed by atoms with Gasteiger partial charge in [0, 0.05) is 32.2 Å². The van der Waals surface area contributed by atoms with E-state index in [9.17, 15) is 0 Å². The largest absolute Gasteiger partial charge is 0.378 e. The van der Waals surface area contributed by atoms with Gasteiger partial charge in [0.2, 0.25) is 0 Å². The lowest BCUT2D eigenvalue weighted by atomic mass is 10.2. The molecule has 1 unspecified atom stereocenters. The Bertz CT molecular complexity index is 449. The molecule has 1 aromatic rings. The van der Waals surface area contributed by atoms with Crippen molar-refractivity contribution >= 4 is 11.6 Å². The highest BCUT2D eigenvalue weighted by atomic mass is 35.5. The fraction of sp³-hybridized carbons (Fsp3) is 0.800. The van der Waals surface area contributed by atoms with Crippen LogP contribution in [0.1, 0.15) is 31.7 Å². The van der Waals surface area contributed by atoms with Gasteiger partial charge in [-0.05, 0) is 26.8 Å². The molecule has 6 heteroatoms. The molecule has 0 bridgehead atoms. The summed E-state index contributed by atoms with van der Waals surface area (Å²) in [5, 5.41) is 8.81. The van der Waals surface area contributed by atoms with Crippen LogP contribution in [0.5, 0.6) is 0 Å². The first-order valence-corrected chi connectivity index (χ1v) is 8.29. The molecule has 120 valence electrons. The molecule has 0 aromatic carbocycles. The summed E-state index contributed by atoms with van der Waals surface area (Å²) >= 11 is 6.43. The number of halogens is 1. The van der Waals surface area contributed by atoms with Crippen molar-refractivity contribution in [2.75, 3.05) is 32.8 Å². The van der Waals surface area contributed by atoms with Crippen molar-refractivity contribution in [3.05, 3.63) is 16.4 Å². The van der Waals surface area contributed by atoms with Crippen molar-refractivity contribution in [3.8, 4) is 0 Å². The minimum Gasteiger partial charge on any atom is -0.378 e. The van der Waals surface area contributed by atoms with Gasteiger partial charge >= 0.3 is 0 Å². The maximum atomic E-state index is 6.43. The van der Waals surface area contributed by atoms with E-state index in [0.29, 0.717) is 6.04 Å². The standard InChI is InChI=1S/C15H27ClN4O/c1-4-6-17-9-13-11-21-8-7-19(13)10-14-15(16)12(3)18-20(14)5-2/h13,17H,4-11H2,1-3H3. The second-order valence-corrected chi connectivity index (χ2v) is 5.94. The number of rotatable bonds is 7. The zero-order valence-electron chi connectivity index (χ0n) is 13.4. The van der Waals surface area contributed by atoms with E-state index in [2.05, 4.69) is 29.2 Å². The molecular weight excluding hydrogens is 288 g/mol. The molecule has 1 fully saturated rings. The minimum absolute atomic E-state index is 0.405. The first-order chi connectivity index (χ1) is 10.2. The van der Waals surface area contributed by atoms with E-state index in [0.717, 1.165) is 68.8 Å². The summed E-state index contributed by atoms with van der Waals surface area (Å²) in [7, 11) is 0. The molecule has 5 nitrogen and oxygen atoms in total. The number of aromatic nitrogens is 2. The Morgan fingerprint density at radius 2 is 2.24 bits per heavy atom. The van der Waals surface area contributed by atoms with Gasteiger partial charge in [-0.3, -0.25) is 9.58 Å². The first kappa shape index (κ1) is 16.7. The van der Waals surface area contributed by atoms with Crippen molar-refractivity contribution in [2.24, 2.45) is 0 Å². The number of ether oxygens (including phenoxy) is 1. The molecule has 0 amide bonds. The Hall–Kier alpha value is -0.620. The molecule has 0 aliphatic carbocycles. The Labute approximate surface area is 132 Å². The zero-order chi connectivity index (χ0) is 15.2. The van der Waals surface area contributed by atoms with Crippen LogP contribution in [0.25, 0.3) is 0 Å². The third kappa shape index (κ3) is 4.19. The predicted octanol–water partition coefficient (Wildman–Crippen LogP) is 2.07. The molecule has 0 saturated carbocycles. The fourth-order valence-corrected chi connectivity index (χ4v) is 2.94. The summed E-state index contributed by atoms with van der Waals surface area (Å²) < 4.78 is 7.65. The number of aryl methyl sites for hydroxylation is 2. The smallest absolute Gasteiger partial charge is 0.0860 e. The molecule has 1 saturated heterocycles. The average Bonchev–Trinajstić information content (AvgIpc) is 2.77. The third-order valence-corrected chi connectivity index (χ3v) is 4.45. The van der Waals surface area contributed by atoms with Gasteiger partial charge < -0.3 is 10.1 Å².